The molecule has 2 N–H and O–H groups in total. The summed E-state index contributed by atoms with van der Waals surface area (Å²) in [5, 5.41) is 6.35. The van der Waals surface area contributed by atoms with E-state index in [-0.39, 0.29) is 5.91 Å². The molecule has 3 rings (SSSR count). The normalized spacial score (nSPS) is 17.8. The topological polar surface area (TPSA) is 50.4 Å². The number of amides is 1. The van der Waals surface area contributed by atoms with Crippen LogP contribution in [-0.4, -0.2) is 25.1 Å². The van der Waals surface area contributed by atoms with Crippen LogP contribution in [-0.2, 0) is 11.2 Å². The van der Waals surface area contributed by atoms with E-state index in [4.69, 9.17) is 4.74 Å². The van der Waals surface area contributed by atoms with Crippen LogP contribution in [0.4, 0.5) is 5.69 Å². The Hall–Kier alpha value is -1.55. The van der Waals surface area contributed by atoms with Crippen molar-refractivity contribution in [3.63, 3.8) is 0 Å². The number of nitrogens with one attached hydrogen (secondary N) is 2. The molecule has 0 spiro atoms. The quantitative estimate of drug-likeness (QED) is 0.770. The average molecular weight is 260 g/mol. The number of benzene rings is 1. The second kappa shape index (κ2) is 5.61. The van der Waals surface area contributed by atoms with E-state index in [2.05, 4.69) is 10.6 Å². The lowest BCUT2D eigenvalue weighted by atomic mass is 10.0. The first-order chi connectivity index (χ1) is 9.31. The molecule has 1 amide bonds. The molecule has 0 saturated heterocycles. The predicted molar refractivity (Wildman–Crippen MR) is 74.5 cm³/mol. The number of rotatable bonds is 6. The molecule has 4 nitrogen and oxygen atoms in total. The van der Waals surface area contributed by atoms with Gasteiger partial charge in [0.1, 0.15) is 5.75 Å². The molecule has 1 fully saturated rings. The largest absolute Gasteiger partial charge is 0.494 e. The zero-order valence-electron chi connectivity index (χ0n) is 11.1. The van der Waals surface area contributed by atoms with Gasteiger partial charge in [-0.25, -0.2) is 0 Å². The first-order valence-corrected chi connectivity index (χ1v) is 7.10. The number of carbonyl (C=O) groups excluding carboxylic acids is 1. The lowest BCUT2D eigenvalue weighted by Gasteiger charge is -2.17. The summed E-state index contributed by atoms with van der Waals surface area (Å²) in [4.78, 5) is 11.3. The Morgan fingerprint density at radius 2 is 2.21 bits per heavy atom. The maximum atomic E-state index is 11.3. The molecule has 0 atom stereocenters. The zero-order chi connectivity index (χ0) is 13.1. The van der Waals surface area contributed by atoms with Crippen molar-refractivity contribution in [1.82, 2.24) is 5.32 Å². The van der Waals surface area contributed by atoms with E-state index in [0.29, 0.717) is 6.42 Å². The number of hydrogen-bond donors (Lipinski definition) is 2. The van der Waals surface area contributed by atoms with Gasteiger partial charge in [0.2, 0.25) is 5.91 Å². The lowest BCUT2D eigenvalue weighted by Crippen LogP contribution is -2.20. The van der Waals surface area contributed by atoms with Crippen LogP contribution in [0.3, 0.4) is 0 Å². The number of anilines is 1. The van der Waals surface area contributed by atoms with Gasteiger partial charge in [-0.1, -0.05) is 0 Å². The third-order valence-corrected chi connectivity index (χ3v) is 3.57. The fraction of sp³-hybridized carbons (Fsp3) is 0.533. The van der Waals surface area contributed by atoms with E-state index in [0.717, 1.165) is 43.5 Å². The van der Waals surface area contributed by atoms with Gasteiger partial charge in [-0.2, -0.15) is 0 Å². The highest BCUT2D eigenvalue weighted by molar-refractivity contribution is 5.93. The van der Waals surface area contributed by atoms with E-state index in [1.54, 1.807) is 0 Å². The second-order valence-corrected chi connectivity index (χ2v) is 5.30. The van der Waals surface area contributed by atoms with E-state index in [1.807, 2.05) is 18.2 Å². The van der Waals surface area contributed by atoms with Crippen LogP contribution in [0.2, 0.25) is 0 Å². The molecule has 0 aromatic heterocycles. The summed E-state index contributed by atoms with van der Waals surface area (Å²) < 4.78 is 5.75. The standard InChI is InChI=1S/C15H20N2O2/c18-15-7-2-11-10-13(5-6-14(11)17-15)19-9-1-8-16-12-3-4-12/h5-6,10,12,16H,1-4,7-9H2,(H,17,18). The molecule has 1 aliphatic heterocycles. The van der Waals surface area contributed by atoms with E-state index in [9.17, 15) is 4.79 Å². The van der Waals surface area contributed by atoms with Crippen LogP contribution >= 0.6 is 0 Å². The van der Waals surface area contributed by atoms with Crippen molar-refractivity contribution >= 4 is 11.6 Å². The van der Waals surface area contributed by atoms with Crippen LogP contribution in [0.1, 0.15) is 31.2 Å². The summed E-state index contributed by atoms with van der Waals surface area (Å²) in [7, 11) is 0. The highest BCUT2D eigenvalue weighted by Crippen LogP contribution is 2.26. The zero-order valence-corrected chi connectivity index (χ0v) is 11.1. The summed E-state index contributed by atoms with van der Waals surface area (Å²) in [6.07, 6.45) is 5.07. The molecule has 1 aliphatic carbocycles. The fourth-order valence-corrected chi connectivity index (χ4v) is 2.31. The summed E-state index contributed by atoms with van der Waals surface area (Å²) in [5.74, 6) is 1.01. The number of aryl methyl sites for hydroxylation is 1. The molecule has 4 heteroatoms. The Balaban J connectivity index is 1.46. The van der Waals surface area contributed by atoms with E-state index in [1.165, 1.54) is 18.4 Å². The molecular formula is C15H20N2O2. The SMILES string of the molecule is O=C1CCc2cc(OCCCNC3CC3)ccc2N1. The summed E-state index contributed by atoms with van der Waals surface area (Å²) in [6.45, 7) is 1.77. The van der Waals surface area contributed by atoms with Gasteiger partial charge in [-0.05, 0) is 56.0 Å². The summed E-state index contributed by atoms with van der Waals surface area (Å²) in [6, 6.07) is 6.68. The van der Waals surface area contributed by atoms with Gasteiger partial charge >= 0.3 is 0 Å². The highest BCUT2D eigenvalue weighted by atomic mass is 16.5. The fourth-order valence-electron chi connectivity index (χ4n) is 2.31. The second-order valence-electron chi connectivity index (χ2n) is 5.30. The minimum absolute atomic E-state index is 0.104. The molecule has 0 radical (unpaired) electrons. The van der Waals surface area contributed by atoms with Gasteiger partial charge in [0, 0.05) is 18.2 Å². The first-order valence-electron chi connectivity index (χ1n) is 7.10. The third kappa shape index (κ3) is 3.47. The van der Waals surface area contributed by atoms with Crippen molar-refractivity contribution in [3.8, 4) is 5.75 Å². The predicted octanol–water partition coefficient (Wildman–Crippen LogP) is 2.09. The number of ether oxygens (including phenoxy) is 1. The van der Waals surface area contributed by atoms with Crippen LogP contribution in [0, 0.1) is 0 Å². The molecule has 1 aromatic carbocycles. The van der Waals surface area contributed by atoms with Gasteiger partial charge in [0.05, 0.1) is 6.61 Å². The molecule has 102 valence electrons. The number of hydrogen-bond acceptors (Lipinski definition) is 3. The summed E-state index contributed by atoms with van der Waals surface area (Å²) >= 11 is 0. The molecule has 0 bridgehead atoms. The Morgan fingerprint density at radius 3 is 3.05 bits per heavy atom. The van der Waals surface area contributed by atoms with Crippen LogP contribution in [0.25, 0.3) is 0 Å². The van der Waals surface area contributed by atoms with Gasteiger partial charge < -0.3 is 15.4 Å². The van der Waals surface area contributed by atoms with E-state index < -0.39 is 0 Å². The maximum absolute atomic E-state index is 11.3. The van der Waals surface area contributed by atoms with Crippen molar-refractivity contribution in [2.75, 3.05) is 18.5 Å². The Labute approximate surface area is 113 Å². The Bertz CT molecular complexity index is 469. The lowest BCUT2D eigenvalue weighted by molar-refractivity contribution is -0.116. The average Bonchev–Trinajstić information content (AvgIpc) is 3.22. The molecule has 2 aliphatic rings. The molecule has 1 saturated carbocycles. The van der Waals surface area contributed by atoms with Crippen molar-refractivity contribution < 1.29 is 9.53 Å². The van der Waals surface area contributed by atoms with Crippen molar-refractivity contribution in [2.45, 2.75) is 38.1 Å². The van der Waals surface area contributed by atoms with E-state index >= 15 is 0 Å². The van der Waals surface area contributed by atoms with Crippen molar-refractivity contribution in [3.05, 3.63) is 23.8 Å². The Morgan fingerprint density at radius 1 is 1.32 bits per heavy atom. The molecule has 19 heavy (non-hydrogen) atoms. The molecule has 1 heterocycles. The van der Waals surface area contributed by atoms with Crippen molar-refractivity contribution in [1.29, 1.82) is 0 Å². The molecule has 0 unspecified atom stereocenters. The van der Waals surface area contributed by atoms with Crippen LogP contribution < -0.4 is 15.4 Å². The van der Waals surface area contributed by atoms with Gasteiger partial charge in [0.15, 0.2) is 0 Å². The van der Waals surface area contributed by atoms with Gasteiger partial charge in [-0.3, -0.25) is 4.79 Å². The Kier molecular flexibility index (Phi) is 3.69. The highest BCUT2D eigenvalue weighted by Gasteiger charge is 2.19. The van der Waals surface area contributed by atoms with Gasteiger partial charge in [-0.15, -0.1) is 0 Å². The van der Waals surface area contributed by atoms with Crippen molar-refractivity contribution in [2.24, 2.45) is 0 Å². The first kappa shape index (κ1) is 12.5. The number of fused-ring (bicyclic) bond motifs is 1. The van der Waals surface area contributed by atoms with Crippen LogP contribution in [0.15, 0.2) is 18.2 Å². The third-order valence-electron chi connectivity index (χ3n) is 3.57. The van der Waals surface area contributed by atoms with Gasteiger partial charge in [0.25, 0.3) is 0 Å². The minimum Gasteiger partial charge on any atom is -0.494 e. The molecule has 1 aromatic rings. The number of carbonyl (C=O) groups is 1. The minimum atomic E-state index is 0.104. The van der Waals surface area contributed by atoms with Crippen LogP contribution in [0.5, 0.6) is 5.75 Å². The summed E-state index contributed by atoms with van der Waals surface area (Å²) in [5.41, 5.74) is 2.10. The maximum Gasteiger partial charge on any atom is 0.224 e. The monoisotopic (exact) mass is 260 g/mol. The smallest absolute Gasteiger partial charge is 0.224 e. The molecular weight excluding hydrogens is 240 g/mol.